The maximum Gasteiger partial charge on any atom is 0.277 e. The third-order valence-corrected chi connectivity index (χ3v) is 6.23. The number of rotatable bonds is 7. The van der Waals surface area contributed by atoms with Gasteiger partial charge in [0.05, 0.1) is 18.8 Å². The largest absolute Gasteiger partial charge is 0.481 e. The molecule has 1 aliphatic heterocycles. The van der Waals surface area contributed by atoms with Gasteiger partial charge in [0.25, 0.3) is 5.56 Å². The monoisotopic (exact) mass is 432 g/mol. The van der Waals surface area contributed by atoms with Gasteiger partial charge in [-0.1, -0.05) is 30.3 Å². The number of aromatic nitrogens is 4. The van der Waals surface area contributed by atoms with Crippen molar-refractivity contribution in [1.29, 1.82) is 0 Å². The number of hydrogen-bond donors (Lipinski definition) is 0. The van der Waals surface area contributed by atoms with E-state index in [-0.39, 0.29) is 5.56 Å². The Morgan fingerprint density at radius 3 is 2.50 bits per heavy atom. The second-order valence-electron chi connectivity index (χ2n) is 8.26. The normalized spacial score (nSPS) is 15.5. The molecule has 0 amide bonds. The lowest BCUT2D eigenvalue weighted by Crippen LogP contribution is -2.46. The summed E-state index contributed by atoms with van der Waals surface area (Å²) >= 11 is 0. The van der Waals surface area contributed by atoms with E-state index in [0.29, 0.717) is 23.6 Å². The third-order valence-electron chi connectivity index (χ3n) is 6.23. The number of imidazole rings is 1. The van der Waals surface area contributed by atoms with Crippen molar-refractivity contribution in [2.45, 2.75) is 19.5 Å². The van der Waals surface area contributed by atoms with Crippen LogP contribution in [0, 0.1) is 0 Å². The topological polar surface area (TPSA) is 67.9 Å². The van der Waals surface area contributed by atoms with E-state index < -0.39 is 0 Å². The molecule has 0 bridgehead atoms. The average Bonchev–Trinajstić information content (AvgIpc) is 3.33. The Labute approximate surface area is 186 Å². The molecule has 0 saturated carbocycles. The number of benzene rings is 1. The van der Waals surface area contributed by atoms with Crippen molar-refractivity contribution >= 4 is 16.7 Å². The summed E-state index contributed by atoms with van der Waals surface area (Å²) < 4.78 is 8.84. The second-order valence-corrected chi connectivity index (χ2v) is 8.26. The van der Waals surface area contributed by atoms with Crippen LogP contribution in [0.4, 0.5) is 0 Å². The van der Waals surface area contributed by atoms with Crippen LogP contribution in [0.3, 0.4) is 0 Å². The smallest absolute Gasteiger partial charge is 0.277 e. The van der Waals surface area contributed by atoms with Crippen LogP contribution in [0.2, 0.25) is 0 Å². The minimum Gasteiger partial charge on any atom is -0.481 e. The van der Waals surface area contributed by atoms with E-state index in [1.165, 1.54) is 5.56 Å². The standard InChI is InChI=1S/C24H28N6O2/c1-32-22-9-8-20-23(26-22)30-18-25-16-21(30)24(31)29(20)11-5-10-27-12-14-28(15-13-27)17-19-6-3-2-4-7-19/h2-4,6-9,16,18H,5,10-15,17H2,1H3. The molecule has 0 atom stereocenters. The molecule has 1 aromatic carbocycles. The van der Waals surface area contributed by atoms with Crippen molar-refractivity contribution in [2.24, 2.45) is 0 Å². The molecule has 32 heavy (non-hydrogen) atoms. The van der Waals surface area contributed by atoms with Gasteiger partial charge >= 0.3 is 0 Å². The first-order valence-electron chi connectivity index (χ1n) is 11.1. The average molecular weight is 433 g/mol. The van der Waals surface area contributed by atoms with Gasteiger partial charge in [-0.2, -0.15) is 4.98 Å². The molecular formula is C24H28N6O2. The van der Waals surface area contributed by atoms with Gasteiger partial charge in [0, 0.05) is 45.3 Å². The maximum atomic E-state index is 13.1. The Bertz CT molecular complexity index is 1260. The number of nitrogens with zero attached hydrogens (tertiary/aromatic N) is 6. The predicted molar refractivity (Wildman–Crippen MR) is 124 cm³/mol. The van der Waals surface area contributed by atoms with Crippen LogP contribution in [0.25, 0.3) is 16.7 Å². The molecule has 8 heteroatoms. The zero-order valence-electron chi connectivity index (χ0n) is 18.4. The number of ether oxygens (including phenoxy) is 1. The van der Waals surface area contributed by atoms with Crippen molar-refractivity contribution in [3.63, 3.8) is 0 Å². The van der Waals surface area contributed by atoms with Crippen molar-refractivity contribution in [3.8, 4) is 5.88 Å². The van der Waals surface area contributed by atoms with Gasteiger partial charge in [-0.3, -0.25) is 14.1 Å². The van der Waals surface area contributed by atoms with Gasteiger partial charge in [-0.05, 0) is 24.6 Å². The van der Waals surface area contributed by atoms with E-state index in [9.17, 15) is 4.79 Å². The second kappa shape index (κ2) is 9.10. The highest BCUT2D eigenvalue weighted by atomic mass is 16.5. The Kier molecular flexibility index (Phi) is 5.87. The maximum absolute atomic E-state index is 13.1. The van der Waals surface area contributed by atoms with Gasteiger partial charge in [-0.25, -0.2) is 4.98 Å². The first-order valence-corrected chi connectivity index (χ1v) is 11.1. The number of pyridine rings is 1. The summed E-state index contributed by atoms with van der Waals surface area (Å²) in [7, 11) is 1.59. The van der Waals surface area contributed by atoms with Gasteiger partial charge in [0.2, 0.25) is 5.88 Å². The number of piperazine rings is 1. The molecule has 4 heterocycles. The van der Waals surface area contributed by atoms with Crippen LogP contribution in [-0.4, -0.2) is 68.6 Å². The molecule has 8 nitrogen and oxygen atoms in total. The van der Waals surface area contributed by atoms with E-state index >= 15 is 0 Å². The van der Waals surface area contributed by atoms with E-state index in [0.717, 1.165) is 51.2 Å². The summed E-state index contributed by atoms with van der Waals surface area (Å²) in [5, 5.41) is 0. The van der Waals surface area contributed by atoms with E-state index in [4.69, 9.17) is 4.74 Å². The molecule has 5 rings (SSSR count). The molecular weight excluding hydrogens is 404 g/mol. The molecule has 1 saturated heterocycles. The van der Waals surface area contributed by atoms with Crippen molar-refractivity contribution < 1.29 is 4.74 Å². The van der Waals surface area contributed by atoms with Crippen molar-refractivity contribution in [1.82, 2.24) is 28.7 Å². The molecule has 1 fully saturated rings. The minimum absolute atomic E-state index is 0.0327. The summed E-state index contributed by atoms with van der Waals surface area (Å²) in [4.78, 5) is 26.8. The quantitative estimate of drug-likeness (QED) is 0.446. The SMILES string of the molecule is COc1ccc2c(n1)n1cncc1c(=O)n2CCCN1CCN(Cc2ccccc2)CC1. The number of fused-ring (bicyclic) bond motifs is 3. The van der Waals surface area contributed by atoms with E-state index in [2.05, 4.69) is 50.1 Å². The number of hydrogen-bond acceptors (Lipinski definition) is 6. The van der Waals surface area contributed by atoms with Crippen LogP contribution in [-0.2, 0) is 13.1 Å². The fraction of sp³-hybridized carbons (Fsp3) is 0.375. The molecule has 3 aromatic heterocycles. The summed E-state index contributed by atoms with van der Waals surface area (Å²) in [5.41, 5.74) is 3.36. The van der Waals surface area contributed by atoms with E-state index in [1.807, 2.05) is 10.6 Å². The lowest BCUT2D eigenvalue weighted by Gasteiger charge is -2.34. The third kappa shape index (κ3) is 4.11. The first kappa shape index (κ1) is 20.7. The Morgan fingerprint density at radius 1 is 0.938 bits per heavy atom. The number of aryl methyl sites for hydroxylation is 1. The first-order chi connectivity index (χ1) is 15.7. The van der Waals surface area contributed by atoms with Crippen LogP contribution in [0.1, 0.15) is 12.0 Å². The fourth-order valence-corrected chi connectivity index (χ4v) is 4.48. The predicted octanol–water partition coefficient (Wildman–Crippen LogP) is 2.26. The number of methoxy groups -OCH3 is 1. The van der Waals surface area contributed by atoms with Gasteiger partial charge in [0.1, 0.15) is 11.8 Å². The molecule has 0 spiro atoms. The fourth-order valence-electron chi connectivity index (χ4n) is 4.48. The highest BCUT2D eigenvalue weighted by molar-refractivity contribution is 5.75. The molecule has 0 aliphatic carbocycles. The molecule has 1 aliphatic rings. The van der Waals surface area contributed by atoms with Crippen LogP contribution >= 0.6 is 0 Å². The molecule has 0 unspecified atom stereocenters. The van der Waals surface area contributed by atoms with Crippen LogP contribution < -0.4 is 10.3 Å². The minimum atomic E-state index is -0.0327. The highest BCUT2D eigenvalue weighted by Gasteiger charge is 2.17. The molecule has 0 N–H and O–H groups in total. The van der Waals surface area contributed by atoms with Gasteiger partial charge in [-0.15, -0.1) is 0 Å². The van der Waals surface area contributed by atoms with Crippen LogP contribution in [0.5, 0.6) is 5.88 Å². The molecule has 0 radical (unpaired) electrons. The zero-order chi connectivity index (χ0) is 21.9. The van der Waals surface area contributed by atoms with Crippen LogP contribution in [0.15, 0.2) is 59.8 Å². The molecule has 166 valence electrons. The lowest BCUT2D eigenvalue weighted by molar-refractivity contribution is 0.125. The van der Waals surface area contributed by atoms with Gasteiger partial charge < -0.3 is 14.2 Å². The summed E-state index contributed by atoms with van der Waals surface area (Å²) in [6.45, 7) is 6.90. The van der Waals surface area contributed by atoms with Crippen molar-refractivity contribution in [2.75, 3.05) is 39.8 Å². The summed E-state index contributed by atoms with van der Waals surface area (Å²) in [6, 6.07) is 14.4. The lowest BCUT2D eigenvalue weighted by atomic mass is 10.2. The summed E-state index contributed by atoms with van der Waals surface area (Å²) in [5.74, 6) is 0.520. The highest BCUT2D eigenvalue weighted by Crippen LogP contribution is 2.17. The Morgan fingerprint density at radius 2 is 1.72 bits per heavy atom. The van der Waals surface area contributed by atoms with E-state index in [1.54, 1.807) is 30.1 Å². The Hall–Kier alpha value is -3.23. The Balaban J connectivity index is 1.24. The summed E-state index contributed by atoms with van der Waals surface area (Å²) in [6.07, 6.45) is 4.14. The van der Waals surface area contributed by atoms with Crippen molar-refractivity contribution in [3.05, 3.63) is 70.9 Å². The van der Waals surface area contributed by atoms with Gasteiger partial charge in [0.15, 0.2) is 5.65 Å². The zero-order valence-corrected chi connectivity index (χ0v) is 18.4. The molecule has 4 aromatic rings.